The van der Waals surface area contributed by atoms with Gasteiger partial charge in [-0.1, -0.05) is 26.8 Å². The molecule has 2 rings (SSSR count). The Balaban J connectivity index is 2.03. The quantitative estimate of drug-likeness (QED) is 0.768. The van der Waals surface area contributed by atoms with Gasteiger partial charge in [-0.25, -0.2) is 4.39 Å². The minimum atomic E-state index is -0.408. The van der Waals surface area contributed by atoms with Gasteiger partial charge in [-0.05, 0) is 30.5 Å². The van der Waals surface area contributed by atoms with Crippen molar-refractivity contribution in [1.29, 1.82) is 0 Å². The van der Waals surface area contributed by atoms with Gasteiger partial charge < -0.3 is 14.7 Å². The summed E-state index contributed by atoms with van der Waals surface area (Å²) in [6.07, 6.45) is 0.276. The number of aliphatic hydroxyl groups is 1. The lowest BCUT2D eigenvalue weighted by atomic mass is 10.1. The van der Waals surface area contributed by atoms with E-state index in [4.69, 9.17) is 4.74 Å². The van der Waals surface area contributed by atoms with E-state index in [0.717, 1.165) is 13.0 Å². The van der Waals surface area contributed by atoms with E-state index in [2.05, 4.69) is 18.7 Å². The zero-order valence-corrected chi connectivity index (χ0v) is 16.0. The van der Waals surface area contributed by atoms with Crippen LogP contribution in [0.25, 0.3) is 0 Å². The van der Waals surface area contributed by atoms with E-state index in [9.17, 15) is 14.3 Å². The number of hydrogen-bond acceptors (Lipinski definition) is 4. The third-order valence-electron chi connectivity index (χ3n) is 4.53. The van der Waals surface area contributed by atoms with Gasteiger partial charge in [0.25, 0.3) is 5.91 Å². The van der Waals surface area contributed by atoms with E-state index >= 15 is 0 Å². The van der Waals surface area contributed by atoms with Crippen molar-refractivity contribution in [1.82, 2.24) is 9.80 Å². The number of aliphatic hydroxyl groups excluding tert-OH is 1. The number of β-amino-alcohol motifs (C(OH)–C–C–N with tert-alkyl or cyclic N) is 1. The third kappa shape index (κ3) is 6.34. The molecular weight excluding hydrogens is 335 g/mol. The first-order valence-electron chi connectivity index (χ1n) is 9.45. The van der Waals surface area contributed by atoms with Crippen molar-refractivity contribution >= 4 is 5.91 Å². The number of morpholine rings is 1. The molecule has 0 unspecified atom stereocenters. The van der Waals surface area contributed by atoms with Crippen LogP contribution in [0.1, 0.15) is 37.6 Å². The molecular formula is C20H31FN2O3. The van der Waals surface area contributed by atoms with Crippen molar-refractivity contribution in [3.8, 4) is 0 Å². The number of carbonyl (C=O) groups excluding carboxylic acids is 1. The van der Waals surface area contributed by atoms with Crippen LogP contribution in [0.5, 0.6) is 0 Å². The summed E-state index contributed by atoms with van der Waals surface area (Å²) in [6, 6.07) is 5.82. The molecule has 0 aliphatic carbocycles. The number of benzene rings is 1. The second kappa shape index (κ2) is 10.00. The Bertz CT molecular complexity index is 582. The standard InChI is InChI=1S/C20H31FN2O3/c1-4-18(24)12-22-8-9-26-19(13-22)14-23(11-15(2)3)20(25)16-6-5-7-17(21)10-16/h5-7,10,15,18-19,24H,4,8-9,11-14H2,1-3H3/t18-,19+/m1/s1. The molecule has 6 heteroatoms. The van der Waals surface area contributed by atoms with Gasteiger partial charge in [0.2, 0.25) is 0 Å². The highest BCUT2D eigenvalue weighted by Crippen LogP contribution is 2.14. The fourth-order valence-electron chi connectivity index (χ4n) is 3.21. The van der Waals surface area contributed by atoms with Crippen molar-refractivity contribution in [2.45, 2.75) is 39.4 Å². The SMILES string of the molecule is CC[C@@H](O)CN1CCO[C@H](CN(CC(C)C)C(=O)c2cccc(F)c2)C1. The molecule has 1 aliphatic heterocycles. The normalized spacial score (nSPS) is 19.5. The lowest BCUT2D eigenvalue weighted by Gasteiger charge is -2.37. The molecule has 1 heterocycles. The highest BCUT2D eigenvalue weighted by Gasteiger charge is 2.27. The molecule has 2 atom stereocenters. The van der Waals surface area contributed by atoms with Gasteiger partial charge in [0.05, 0.1) is 18.8 Å². The number of carbonyl (C=O) groups is 1. The molecule has 1 amide bonds. The number of nitrogens with zero attached hydrogens (tertiary/aromatic N) is 2. The maximum atomic E-state index is 13.5. The topological polar surface area (TPSA) is 53.0 Å². The highest BCUT2D eigenvalue weighted by molar-refractivity contribution is 5.94. The first-order valence-corrected chi connectivity index (χ1v) is 9.45. The molecule has 0 spiro atoms. The summed E-state index contributed by atoms with van der Waals surface area (Å²) in [4.78, 5) is 16.8. The molecule has 0 bridgehead atoms. The molecule has 1 aromatic rings. The Morgan fingerprint density at radius 2 is 2.23 bits per heavy atom. The summed E-state index contributed by atoms with van der Waals surface area (Å²) in [7, 11) is 0. The summed E-state index contributed by atoms with van der Waals surface area (Å²) >= 11 is 0. The van der Waals surface area contributed by atoms with Crippen LogP contribution >= 0.6 is 0 Å². The van der Waals surface area contributed by atoms with Crippen molar-refractivity contribution in [3.05, 3.63) is 35.6 Å². The zero-order chi connectivity index (χ0) is 19.1. The summed E-state index contributed by atoms with van der Waals surface area (Å²) in [5.74, 6) is -0.282. The van der Waals surface area contributed by atoms with Gasteiger partial charge in [0.15, 0.2) is 0 Å². The average molecular weight is 366 g/mol. The molecule has 0 radical (unpaired) electrons. The maximum Gasteiger partial charge on any atom is 0.254 e. The van der Waals surface area contributed by atoms with Gasteiger partial charge in [0.1, 0.15) is 5.82 Å². The Hall–Kier alpha value is -1.50. The smallest absolute Gasteiger partial charge is 0.254 e. The molecule has 1 N–H and O–H groups in total. The largest absolute Gasteiger partial charge is 0.392 e. The van der Waals surface area contributed by atoms with Crippen molar-refractivity contribution in [2.75, 3.05) is 39.3 Å². The summed E-state index contributed by atoms with van der Waals surface area (Å²) in [5, 5.41) is 9.88. The molecule has 146 valence electrons. The molecule has 0 saturated carbocycles. The van der Waals surface area contributed by atoms with E-state index in [1.165, 1.54) is 12.1 Å². The Kier molecular flexibility index (Phi) is 8.00. The first kappa shape index (κ1) is 20.8. The first-order chi connectivity index (χ1) is 12.4. The van der Waals surface area contributed by atoms with E-state index in [1.54, 1.807) is 17.0 Å². The lowest BCUT2D eigenvalue weighted by molar-refractivity contribution is -0.0513. The number of ether oxygens (including phenoxy) is 1. The van der Waals surface area contributed by atoms with E-state index in [-0.39, 0.29) is 18.1 Å². The molecule has 1 aliphatic rings. The van der Waals surface area contributed by atoms with E-state index < -0.39 is 5.82 Å². The van der Waals surface area contributed by atoms with Gasteiger partial charge in [-0.2, -0.15) is 0 Å². The predicted molar refractivity (Wildman–Crippen MR) is 99.6 cm³/mol. The van der Waals surface area contributed by atoms with Crippen molar-refractivity contribution in [3.63, 3.8) is 0 Å². The fourth-order valence-corrected chi connectivity index (χ4v) is 3.21. The minimum absolute atomic E-state index is 0.107. The van der Waals surface area contributed by atoms with Gasteiger partial charge >= 0.3 is 0 Å². The molecule has 26 heavy (non-hydrogen) atoms. The van der Waals surface area contributed by atoms with Crippen LogP contribution in [0.3, 0.4) is 0 Å². The molecule has 1 saturated heterocycles. The summed E-state index contributed by atoms with van der Waals surface area (Å²) in [5.41, 5.74) is 0.361. The molecule has 0 aromatic heterocycles. The molecule has 5 nitrogen and oxygen atoms in total. The van der Waals surface area contributed by atoms with Crippen LogP contribution in [0.4, 0.5) is 4.39 Å². The van der Waals surface area contributed by atoms with Crippen molar-refractivity contribution in [2.24, 2.45) is 5.92 Å². The lowest BCUT2D eigenvalue weighted by Crippen LogP contribution is -2.50. The van der Waals surface area contributed by atoms with E-state index in [1.807, 2.05) is 6.92 Å². The molecule has 1 fully saturated rings. The van der Waals surface area contributed by atoms with Crippen LogP contribution in [-0.2, 0) is 4.74 Å². The minimum Gasteiger partial charge on any atom is -0.392 e. The maximum absolute atomic E-state index is 13.5. The van der Waals surface area contributed by atoms with Gasteiger partial charge in [0, 0.05) is 38.3 Å². The van der Waals surface area contributed by atoms with Crippen LogP contribution in [0.2, 0.25) is 0 Å². The average Bonchev–Trinajstić information content (AvgIpc) is 2.60. The van der Waals surface area contributed by atoms with Crippen molar-refractivity contribution < 1.29 is 19.0 Å². The monoisotopic (exact) mass is 366 g/mol. The number of halogens is 1. The third-order valence-corrected chi connectivity index (χ3v) is 4.53. The Morgan fingerprint density at radius 1 is 1.46 bits per heavy atom. The number of amides is 1. The van der Waals surface area contributed by atoms with Crippen LogP contribution < -0.4 is 0 Å². The van der Waals surface area contributed by atoms with Crippen LogP contribution in [0, 0.1) is 11.7 Å². The van der Waals surface area contributed by atoms with Gasteiger partial charge in [-0.3, -0.25) is 9.69 Å². The number of rotatable bonds is 8. The van der Waals surface area contributed by atoms with E-state index in [0.29, 0.717) is 44.3 Å². The van der Waals surface area contributed by atoms with Crippen LogP contribution in [0.15, 0.2) is 24.3 Å². The zero-order valence-electron chi connectivity index (χ0n) is 16.0. The fraction of sp³-hybridized carbons (Fsp3) is 0.650. The Labute approximate surface area is 155 Å². The second-order valence-electron chi connectivity index (χ2n) is 7.43. The highest BCUT2D eigenvalue weighted by atomic mass is 19.1. The Morgan fingerprint density at radius 3 is 2.88 bits per heavy atom. The molecule has 1 aromatic carbocycles. The number of hydrogen-bond donors (Lipinski definition) is 1. The summed E-state index contributed by atoms with van der Waals surface area (Å²) < 4.78 is 19.3. The second-order valence-corrected chi connectivity index (χ2v) is 7.43. The van der Waals surface area contributed by atoms with Gasteiger partial charge in [-0.15, -0.1) is 0 Å². The summed E-state index contributed by atoms with van der Waals surface area (Å²) in [6.45, 7) is 9.81. The van der Waals surface area contributed by atoms with Crippen LogP contribution in [-0.4, -0.2) is 72.4 Å². The predicted octanol–water partition coefficient (Wildman–Crippen LogP) is 2.40.